The van der Waals surface area contributed by atoms with Crippen molar-refractivity contribution in [3.63, 3.8) is 0 Å². The van der Waals surface area contributed by atoms with Crippen molar-refractivity contribution < 1.29 is 9.53 Å². The Morgan fingerprint density at radius 3 is 2.78 bits per heavy atom. The lowest BCUT2D eigenvalue weighted by Gasteiger charge is -2.23. The molecule has 136 valence electrons. The topological polar surface area (TPSA) is 66.2 Å². The lowest BCUT2D eigenvalue weighted by molar-refractivity contribution is -0.118. The molecule has 1 aliphatic heterocycles. The first-order valence-electron chi connectivity index (χ1n) is 8.99. The maximum atomic E-state index is 13.1. The molecule has 27 heavy (non-hydrogen) atoms. The molecule has 1 aliphatic rings. The number of anilines is 1. The average Bonchev–Trinajstić information content (AvgIpc) is 3.35. The van der Waals surface area contributed by atoms with Crippen LogP contribution in [-0.4, -0.2) is 30.1 Å². The van der Waals surface area contributed by atoms with Crippen LogP contribution in [0.1, 0.15) is 24.0 Å². The van der Waals surface area contributed by atoms with Gasteiger partial charge in [-0.1, -0.05) is 35.6 Å². The van der Waals surface area contributed by atoms with Gasteiger partial charge < -0.3 is 4.74 Å². The maximum absolute atomic E-state index is 13.1. The van der Waals surface area contributed by atoms with Gasteiger partial charge in [0.05, 0.1) is 40.9 Å². The first kappa shape index (κ1) is 17.7. The molecule has 1 saturated heterocycles. The SMILES string of the molecule is N#Cc1ccc(CC(=O)N(C[C@H]2CCCO2)c2nc3ccccc3s2)cc1. The summed E-state index contributed by atoms with van der Waals surface area (Å²) in [6.07, 6.45) is 2.32. The Bertz CT molecular complexity index is 952. The number of thiazole rings is 1. The molecule has 5 nitrogen and oxygen atoms in total. The number of hydrogen-bond acceptors (Lipinski definition) is 5. The minimum atomic E-state index is -0.00531. The van der Waals surface area contributed by atoms with E-state index < -0.39 is 0 Å². The fourth-order valence-electron chi connectivity index (χ4n) is 3.22. The van der Waals surface area contributed by atoms with Crippen molar-refractivity contribution >= 4 is 32.6 Å². The van der Waals surface area contributed by atoms with Gasteiger partial charge in [-0.2, -0.15) is 5.26 Å². The summed E-state index contributed by atoms with van der Waals surface area (Å²) < 4.78 is 6.82. The van der Waals surface area contributed by atoms with E-state index in [-0.39, 0.29) is 18.4 Å². The predicted molar refractivity (Wildman–Crippen MR) is 106 cm³/mol. The Labute approximate surface area is 161 Å². The molecule has 0 bridgehead atoms. The Hall–Kier alpha value is -2.75. The van der Waals surface area contributed by atoms with Crippen molar-refractivity contribution in [2.24, 2.45) is 0 Å². The van der Waals surface area contributed by atoms with Gasteiger partial charge in [0.15, 0.2) is 5.13 Å². The van der Waals surface area contributed by atoms with Crippen molar-refractivity contribution in [1.82, 2.24) is 4.98 Å². The number of carbonyl (C=O) groups excluding carboxylic acids is 1. The number of ether oxygens (including phenoxy) is 1. The van der Waals surface area contributed by atoms with Gasteiger partial charge in [0.2, 0.25) is 5.91 Å². The van der Waals surface area contributed by atoms with E-state index in [4.69, 9.17) is 10.00 Å². The van der Waals surface area contributed by atoms with Gasteiger partial charge in [0.25, 0.3) is 0 Å². The quantitative estimate of drug-likeness (QED) is 0.676. The summed E-state index contributed by atoms with van der Waals surface area (Å²) in [5.74, 6) is -0.00531. The number of benzene rings is 2. The van der Waals surface area contributed by atoms with Crippen LogP contribution in [0.15, 0.2) is 48.5 Å². The molecule has 0 unspecified atom stereocenters. The number of rotatable bonds is 5. The number of aromatic nitrogens is 1. The third-order valence-corrected chi connectivity index (χ3v) is 5.72. The van der Waals surface area contributed by atoms with Gasteiger partial charge in [-0.25, -0.2) is 4.98 Å². The van der Waals surface area contributed by atoms with Crippen LogP contribution in [0.2, 0.25) is 0 Å². The second-order valence-corrected chi connectivity index (χ2v) is 7.60. The molecular formula is C21H19N3O2S. The van der Waals surface area contributed by atoms with E-state index in [2.05, 4.69) is 11.1 Å². The van der Waals surface area contributed by atoms with Gasteiger partial charge in [-0.15, -0.1) is 0 Å². The zero-order valence-corrected chi connectivity index (χ0v) is 15.6. The van der Waals surface area contributed by atoms with Gasteiger partial charge in [-0.3, -0.25) is 9.69 Å². The number of para-hydroxylation sites is 1. The third kappa shape index (κ3) is 4.00. The molecule has 0 N–H and O–H groups in total. The molecule has 0 saturated carbocycles. The Morgan fingerprint density at radius 1 is 1.26 bits per heavy atom. The lowest BCUT2D eigenvalue weighted by Crippen LogP contribution is -2.38. The van der Waals surface area contributed by atoms with Crippen LogP contribution >= 0.6 is 11.3 Å². The van der Waals surface area contributed by atoms with Crippen molar-refractivity contribution in [2.45, 2.75) is 25.4 Å². The number of fused-ring (bicyclic) bond motifs is 1. The monoisotopic (exact) mass is 377 g/mol. The molecule has 6 heteroatoms. The molecule has 1 amide bonds. The van der Waals surface area contributed by atoms with Crippen molar-refractivity contribution in [3.8, 4) is 6.07 Å². The van der Waals surface area contributed by atoms with Crippen molar-refractivity contribution in [2.75, 3.05) is 18.1 Å². The van der Waals surface area contributed by atoms with Crippen molar-refractivity contribution in [3.05, 3.63) is 59.7 Å². The van der Waals surface area contributed by atoms with Gasteiger partial charge in [0.1, 0.15) is 0 Å². The highest BCUT2D eigenvalue weighted by Crippen LogP contribution is 2.30. The van der Waals surface area contributed by atoms with Crippen LogP contribution in [0.4, 0.5) is 5.13 Å². The molecule has 2 heterocycles. The number of nitrogens with zero attached hydrogens (tertiary/aromatic N) is 3. The average molecular weight is 377 g/mol. The smallest absolute Gasteiger partial charge is 0.233 e. The van der Waals surface area contributed by atoms with E-state index in [1.807, 2.05) is 36.4 Å². The molecule has 0 spiro atoms. The second-order valence-electron chi connectivity index (χ2n) is 6.59. The number of carbonyl (C=O) groups is 1. The highest BCUT2D eigenvalue weighted by atomic mass is 32.1. The van der Waals surface area contributed by atoms with Gasteiger partial charge in [-0.05, 0) is 42.7 Å². The second kappa shape index (κ2) is 7.87. The largest absolute Gasteiger partial charge is 0.376 e. The molecule has 2 aromatic carbocycles. The number of nitriles is 1. The summed E-state index contributed by atoms with van der Waals surface area (Å²) in [7, 11) is 0. The first-order chi connectivity index (χ1) is 13.2. The minimum absolute atomic E-state index is 0.00531. The van der Waals surface area contributed by atoms with E-state index in [0.29, 0.717) is 17.2 Å². The zero-order chi connectivity index (χ0) is 18.6. The summed E-state index contributed by atoms with van der Waals surface area (Å²) in [4.78, 5) is 19.5. The zero-order valence-electron chi connectivity index (χ0n) is 14.8. The lowest BCUT2D eigenvalue weighted by atomic mass is 10.1. The summed E-state index contributed by atoms with van der Waals surface area (Å²) in [6.45, 7) is 1.27. The standard InChI is InChI=1S/C21H19N3O2S/c22-13-16-9-7-15(8-10-16)12-20(25)24(14-17-4-3-11-26-17)21-23-18-5-1-2-6-19(18)27-21/h1-2,5-10,17H,3-4,11-12,14H2/t17-/m1/s1. The van der Waals surface area contributed by atoms with E-state index in [0.717, 1.165) is 35.2 Å². The minimum Gasteiger partial charge on any atom is -0.376 e. The summed E-state index contributed by atoms with van der Waals surface area (Å²) in [5.41, 5.74) is 2.38. The van der Waals surface area contributed by atoms with Gasteiger partial charge >= 0.3 is 0 Å². The van der Waals surface area contributed by atoms with Crippen molar-refractivity contribution in [1.29, 1.82) is 5.26 Å². The third-order valence-electron chi connectivity index (χ3n) is 4.66. The fourth-order valence-corrected chi connectivity index (χ4v) is 4.21. The van der Waals surface area contributed by atoms with Crippen LogP contribution in [0.25, 0.3) is 10.2 Å². The van der Waals surface area contributed by atoms with E-state index in [9.17, 15) is 4.79 Å². The van der Waals surface area contributed by atoms with Crippen LogP contribution in [0.3, 0.4) is 0 Å². The molecular weight excluding hydrogens is 358 g/mol. The van der Waals surface area contributed by atoms with E-state index in [1.165, 1.54) is 11.3 Å². The molecule has 4 rings (SSSR count). The Balaban J connectivity index is 1.59. The van der Waals surface area contributed by atoms with Crippen LogP contribution in [-0.2, 0) is 16.0 Å². The van der Waals surface area contributed by atoms with Crippen LogP contribution < -0.4 is 4.90 Å². The fraction of sp³-hybridized carbons (Fsp3) is 0.286. The van der Waals surface area contributed by atoms with E-state index >= 15 is 0 Å². The molecule has 3 aromatic rings. The number of hydrogen-bond donors (Lipinski definition) is 0. The normalized spacial score (nSPS) is 16.3. The van der Waals surface area contributed by atoms with Crippen LogP contribution in [0, 0.1) is 11.3 Å². The first-order valence-corrected chi connectivity index (χ1v) is 9.81. The molecule has 1 atom stereocenters. The van der Waals surface area contributed by atoms with E-state index in [1.54, 1.807) is 17.0 Å². The maximum Gasteiger partial charge on any atom is 0.233 e. The van der Waals surface area contributed by atoms with Gasteiger partial charge in [0, 0.05) is 6.61 Å². The summed E-state index contributed by atoms with van der Waals surface area (Å²) in [5, 5.41) is 9.64. The molecule has 1 fully saturated rings. The highest BCUT2D eigenvalue weighted by molar-refractivity contribution is 7.22. The van der Waals surface area contributed by atoms with Crippen LogP contribution in [0.5, 0.6) is 0 Å². The highest BCUT2D eigenvalue weighted by Gasteiger charge is 2.26. The number of amides is 1. The molecule has 0 aliphatic carbocycles. The predicted octanol–water partition coefficient (Wildman–Crippen LogP) is 3.92. The molecule has 0 radical (unpaired) electrons. The molecule has 1 aromatic heterocycles. The Morgan fingerprint density at radius 2 is 2.07 bits per heavy atom. The summed E-state index contributed by atoms with van der Waals surface area (Å²) in [6, 6.07) is 17.2. The summed E-state index contributed by atoms with van der Waals surface area (Å²) >= 11 is 1.53. The Kier molecular flexibility index (Phi) is 5.14.